The number of aryl methyl sites for hydroxylation is 1. The first-order valence-electron chi connectivity index (χ1n) is 11.4. The summed E-state index contributed by atoms with van der Waals surface area (Å²) in [5.74, 6) is -0.0692. The highest BCUT2D eigenvalue weighted by Crippen LogP contribution is 2.42. The quantitative estimate of drug-likeness (QED) is 0.472. The van der Waals surface area contributed by atoms with Crippen LogP contribution in [0.25, 0.3) is 0 Å². The molecule has 33 heavy (non-hydrogen) atoms. The van der Waals surface area contributed by atoms with Crippen molar-refractivity contribution in [3.63, 3.8) is 0 Å². The molecule has 2 aromatic heterocycles. The van der Waals surface area contributed by atoms with Gasteiger partial charge in [0, 0.05) is 41.9 Å². The summed E-state index contributed by atoms with van der Waals surface area (Å²) in [5, 5.41) is 7.17. The molecule has 0 aliphatic carbocycles. The zero-order chi connectivity index (χ0) is 23.7. The molecule has 2 N–H and O–H groups in total. The van der Waals surface area contributed by atoms with Crippen molar-refractivity contribution in [3.8, 4) is 0 Å². The minimum Gasteiger partial charge on any atom is -0.351 e. The van der Waals surface area contributed by atoms with Crippen LogP contribution in [0.3, 0.4) is 0 Å². The molecule has 7 heteroatoms. The van der Waals surface area contributed by atoms with E-state index in [-0.39, 0.29) is 23.9 Å². The number of benzene rings is 1. The van der Waals surface area contributed by atoms with Gasteiger partial charge in [-0.3, -0.25) is 9.78 Å². The van der Waals surface area contributed by atoms with Crippen LogP contribution in [0.2, 0.25) is 0 Å². The van der Waals surface area contributed by atoms with Crippen molar-refractivity contribution < 1.29 is 4.79 Å². The van der Waals surface area contributed by atoms with Crippen LogP contribution in [0.5, 0.6) is 0 Å². The molecule has 172 valence electrons. The summed E-state index contributed by atoms with van der Waals surface area (Å²) in [7, 11) is 0. The van der Waals surface area contributed by atoms with Gasteiger partial charge in [0.25, 0.3) is 0 Å². The van der Waals surface area contributed by atoms with Crippen LogP contribution < -0.4 is 15.5 Å². The van der Waals surface area contributed by atoms with E-state index < -0.39 is 0 Å². The van der Waals surface area contributed by atoms with Gasteiger partial charge < -0.3 is 20.1 Å². The lowest BCUT2D eigenvalue weighted by atomic mass is 9.98. The average Bonchev–Trinajstić information content (AvgIpc) is 3.40. The van der Waals surface area contributed by atoms with Crippen LogP contribution >= 0.6 is 12.2 Å². The molecule has 3 heterocycles. The summed E-state index contributed by atoms with van der Waals surface area (Å²) in [4.78, 5) is 19.0. The largest absolute Gasteiger partial charge is 0.351 e. The molecule has 0 spiro atoms. The van der Waals surface area contributed by atoms with E-state index >= 15 is 0 Å². The third kappa shape index (κ3) is 4.64. The standard InChI is InChI=1S/C26H31N5OS/c1-16(2)25(32)28-21-10-9-20(14-18(21)5)31-24(19-11-13-30(15-19)17(3)4)23(29-26(31)33)22-8-6-7-12-27-22/h6-17,23-24H,1-5H3,(H,28,32)(H,29,33)/t23-,24-/m1/s1. The molecular weight excluding hydrogens is 430 g/mol. The number of carbonyl (C=O) groups is 1. The summed E-state index contributed by atoms with van der Waals surface area (Å²) in [5.41, 5.74) is 4.90. The number of amides is 1. The van der Waals surface area contributed by atoms with Crippen LogP contribution in [0.15, 0.2) is 61.1 Å². The molecule has 6 nitrogen and oxygen atoms in total. The van der Waals surface area contributed by atoms with Crippen molar-refractivity contribution in [1.29, 1.82) is 0 Å². The predicted octanol–water partition coefficient (Wildman–Crippen LogP) is 5.54. The Labute approximate surface area is 201 Å². The summed E-state index contributed by atoms with van der Waals surface area (Å²) < 4.78 is 2.21. The van der Waals surface area contributed by atoms with Gasteiger partial charge in [-0.1, -0.05) is 19.9 Å². The molecule has 3 aromatic rings. The van der Waals surface area contributed by atoms with E-state index in [1.165, 1.54) is 5.56 Å². The zero-order valence-electron chi connectivity index (χ0n) is 19.7. The molecule has 1 amide bonds. The van der Waals surface area contributed by atoms with Gasteiger partial charge in [-0.05, 0) is 80.5 Å². The van der Waals surface area contributed by atoms with E-state index in [4.69, 9.17) is 12.2 Å². The van der Waals surface area contributed by atoms with Gasteiger partial charge in [0.2, 0.25) is 5.91 Å². The Bertz CT molecular complexity index is 1150. The number of anilines is 2. The van der Waals surface area contributed by atoms with Gasteiger partial charge in [0.15, 0.2) is 5.11 Å². The molecule has 1 aromatic carbocycles. The van der Waals surface area contributed by atoms with Crippen LogP contribution in [-0.4, -0.2) is 20.6 Å². The summed E-state index contributed by atoms with van der Waals surface area (Å²) in [6, 6.07) is 14.4. The van der Waals surface area contributed by atoms with E-state index in [2.05, 4.69) is 63.5 Å². The predicted molar refractivity (Wildman–Crippen MR) is 137 cm³/mol. The van der Waals surface area contributed by atoms with Gasteiger partial charge in [-0.2, -0.15) is 0 Å². The number of nitrogens with zero attached hydrogens (tertiary/aromatic N) is 3. The number of carbonyl (C=O) groups excluding carboxylic acids is 1. The van der Waals surface area contributed by atoms with E-state index in [9.17, 15) is 4.79 Å². The Morgan fingerprint density at radius 3 is 2.55 bits per heavy atom. The Balaban J connectivity index is 1.74. The number of pyridine rings is 1. The van der Waals surface area contributed by atoms with Crippen molar-refractivity contribution in [2.45, 2.75) is 52.7 Å². The number of nitrogens with one attached hydrogen (secondary N) is 2. The van der Waals surface area contributed by atoms with E-state index in [0.29, 0.717) is 11.2 Å². The van der Waals surface area contributed by atoms with E-state index in [0.717, 1.165) is 22.6 Å². The second kappa shape index (κ2) is 9.35. The van der Waals surface area contributed by atoms with Crippen LogP contribution in [0, 0.1) is 12.8 Å². The Morgan fingerprint density at radius 1 is 1.15 bits per heavy atom. The smallest absolute Gasteiger partial charge is 0.226 e. The normalized spacial score (nSPS) is 18.2. The Morgan fingerprint density at radius 2 is 1.94 bits per heavy atom. The van der Waals surface area contributed by atoms with E-state index in [1.54, 1.807) is 0 Å². The molecular formula is C26H31N5OS. The Kier molecular flexibility index (Phi) is 6.51. The van der Waals surface area contributed by atoms with Crippen molar-refractivity contribution >= 4 is 34.6 Å². The third-order valence-electron chi connectivity index (χ3n) is 6.04. The lowest BCUT2D eigenvalue weighted by molar-refractivity contribution is -0.118. The first-order chi connectivity index (χ1) is 15.8. The third-order valence-corrected chi connectivity index (χ3v) is 6.36. The first-order valence-corrected chi connectivity index (χ1v) is 11.8. The van der Waals surface area contributed by atoms with Gasteiger partial charge in [-0.15, -0.1) is 0 Å². The Hall–Kier alpha value is -3.19. The molecule has 0 bridgehead atoms. The highest BCUT2D eigenvalue weighted by atomic mass is 32.1. The van der Waals surface area contributed by atoms with Gasteiger partial charge >= 0.3 is 0 Å². The number of hydrogen-bond donors (Lipinski definition) is 2. The number of thiocarbonyl (C=S) groups is 1. The summed E-state index contributed by atoms with van der Waals surface area (Å²) >= 11 is 5.83. The van der Waals surface area contributed by atoms with Crippen LogP contribution in [0.4, 0.5) is 11.4 Å². The van der Waals surface area contributed by atoms with Crippen LogP contribution in [0.1, 0.15) is 62.6 Å². The minimum atomic E-state index is -0.0812. The lowest BCUT2D eigenvalue weighted by Gasteiger charge is -2.28. The molecule has 4 rings (SSSR count). The fourth-order valence-corrected chi connectivity index (χ4v) is 4.46. The fraction of sp³-hybridized carbons (Fsp3) is 0.346. The SMILES string of the molecule is Cc1cc(N2C(=S)N[C@H](c3ccccn3)[C@H]2c2ccn(C(C)C)c2)ccc1NC(=O)C(C)C. The highest BCUT2D eigenvalue weighted by Gasteiger charge is 2.41. The topological polar surface area (TPSA) is 62.2 Å². The minimum absolute atomic E-state index is 0.00678. The summed E-state index contributed by atoms with van der Waals surface area (Å²) in [6.45, 7) is 10.1. The fourth-order valence-electron chi connectivity index (χ4n) is 4.11. The summed E-state index contributed by atoms with van der Waals surface area (Å²) in [6.07, 6.45) is 6.12. The average molecular weight is 462 g/mol. The highest BCUT2D eigenvalue weighted by molar-refractivity contribution is 7.80. The number of rotatable bonds is 6. The molecule has 0 saturated carbocycles. The molecule has 1 aliphatic heterocycles. The maximum Gasteiger partial charge on any atom is 0.226 e. The van der Waals surface area contributed by atoms with Gasteiger partial charge in [0.05, 0.1) is 17.8 Å². The van der Waals surface area contributed by atoms with Crippen molar-refractivity contribution in [2.24, 2.45) is 5.92 Å². The van der Waals surface area contributed by atoms with Crippen LogP contribution in [-0.2, 0) is 4.79 Å². The molecule has 1 aliphatic rings. The second-order valence-electron chi connectivity index (χ2n) is 9.13. The van der Waals surface area contributed by atoms with Gasteiger partial charge in [-0.25, -0.2) is 0 Å². The lowest BCUT2D eigenvalue weighted by Crippen LogP contribution is -2.29. The molecule has 0 radical (unpaired) electrons. The number of aromatic nitrogens is 2. The van der Waals surface area contributed by atoms with Crippen molar-refractivity contribution in [2.75, 3.05) is 10.2 Å². The zero-order valence-corrected chi connectivity index (χ0v) is 20.6. The van der Waals surface area contributed by atoms with Crippen molar-refractivity contribution in [3.05, 3.63) is 77.9 Å². The number of hydrogen-bond acceptors (Lipinski definition) is 3. The molecule has 1 fully saturated rings. The molecule has 0 unspecified atom stereocenters. The van der Waals surface area contributed by atoms with E-state index in [1.807, 2.05) is 57.3 Å². The monoisotopic (exact) mass is 461 g/mol. The van der Waals surface area contributed by atoms with Gasteiger partial charge in [0.1, 0.15) is 0 Å². The maximum atomic E-state index is 12.2. The van der Waals surface area contributed by atoms with Crippen molar-refractivity contribution in [1.82, 2.24) is 14.9 Å². The molecule has 1 saturated heterocycles. The molecule has 2 atom stereocenters. The maximum absolute atomic E-state index is 12.2. The first kappa shape index (κ1) is 23.0. The second-order valence-corrected chi connectivity index (χ2v) is 9.51.